The molecule has 0 aliphatic heterocycles. The smallest absolute Gasteiger partial charge is 0.0434 e. The summed E-state index contributed by atoms with van der Waals surface area (Å²) in [5, 5.41) is 5.36. The fourth-order valence-corrected chi connectivity index (χ4v) is 9.28. The molecule has 0 aliphatic rings. The number of benzene rings is 6. The molecule has 6 aromatic carbocycles. The van der Waals surface area contributed by atoms with Crippen molar-refractivity contribution in [3.05, 3.63) is 132 Å². The molecule has 0 spiro atoms. The first kappa shape index (κ1) is 29.2. The van der Waals surface area contributed by atoms with Crippen molar-refractivity contribution >= 4 is 63.0 Å². The van der Waals surface area contributed by atoms with Gasteiger partial charge < -0.3 is 0 Å². The van der Waals surface area contributed by atoms with Crippen molar-refractivity contribution in [2.75, 3.05) is 0 Å². The van der Waals surface area contributed by atoms with E-state index in [9.17, 15) is 0 Å². The second kappa shape index (κ2) is 10.7. The van der Waals surface area contributed by atoms with Gasteiger partial charge in [0.25, 0.3) is 0 Å². The van der Waals surface area contributed by atoms with Crippen LogP contribution in [0.3, 0.4) is 0 Å². The van der Waals surface area contributed by atoms with Crippen molar-refractivity contribution < 1.29 is 0 Å². The lowest BCUT2D eigenvalue weighted by Gasteiger charge is -2.19. The molecule has 226 valence electrons. The van der Waals surface area contributed by atoms with Gasteiger partial charge in [0.1, 0.15) is 0 Å². The Morgan fingerprint density at radius 1 is 0.391 bits per heavy atom. The summed E-state index contributed by atoms with van der Waals surface area (Å²) in [6.07, 6.45) is 0. The van der Waals surface area contributed by atoms with Crippen LogP contribution in [0.4, 0.5) is 0 Å². The molecule has 0 atom stereocenters. The minimum absolute atomic E-state index is 0.125. The van der Waals surface area contributed by atoms with Gasteiger partial charge in [0, 0.05) is 45.9 Å². The van der Waals surface area contributed by atoms with E-state index in [4.69, 9.17) is 0 Å². The van der Waals surface area contributed by atoms with Crippen LogP contribution in [0.25, 0.3) is 73.7 Å². The maximum Gasteiger partial charge on any atom is 0.0434 e. The monoisotopic (exact) mass is 630 g/mol. The van der Waals surface area contributed by atoms with Gasteiger partial charge in [-0.25, -0.2) is 0 Å². The molecule has 0 aliphatic carbocycles. The van der Waals surface area contributed by atoms with Crippen LogP contribution in [0, 0.1) is 0 Å². The molecule has 0 amide bonds. The Bertz CT molecular complexity index is 2400. The van der Waals surface area contributed by atoms with E-state index < -0.39 is 0 Å². The third kappa shape index (κ3) is 4.87. The Balaban J connectivity index is 1.37. The summed E-state index contributed by atoms with van der Waals surface area (Å²) in [7, 11) is 0. The van der Waals surface area contributed by atoms with Crippen LogP contribution in [0.2, 0.25) is 0 Å². The summed E-state index contributed by atoms with van der Waals surface area (Å²) in [5.74, 6) is 0. The summed E-state index contributed by atoms with van der Waals surface area (Å²) in [4.78, 5) is 0. The highest BCUT2D eigenvalue weighted by Crippen LogP contribution is 2.48. The van der Waals surface area contributed by atoms with Crippen LogP contribution in [0.15, 0.2) is 121 Å². The summed E-state index contributed by atoms with van der Waals surface area (Å²) in [6.45, 7) is 13.7. The first-order valence-electron chi connectivity index (χ1n) is 16.2. The minimum Gasteiger partial charge on any atom is -0.135 e. The standard InChI is InChI=1S/C44H38S2/c1-43(2,3)30-21-17-27(18-22-30)29-25-36-33-11-7-8-15-38(33)45-42(36)37(26-29)34-13-10-16-39-40(34)35-14-9-12-32(41(35)46-39)28-19-23-31(24-20-28)44(4,5)6/h7-26H,1-6H3. The average molecular weight is 631 g/mol. The zero-order valence-electron chi connectivity index (χ0n) is 27.4. The van der Waals surface area contributed by atoms with Crippen molar-refractivity contribution in [3.8, 4) is 33.4 Å². The quantitative estimate of drug-likeness (QED) is 0.182. The highest BCUT2D eigenvalue weighted by atomic mass is 32.1. The molecule has 0 bridgehead atoms. The van der Waals surface area contributed by atoms with Crippen molar-refractivity contribution in [2.45, 2.75) is 52.4 Å². The average Bonchev–Trinajstić information content (AvgIpc) is 3.62. The molecule has 0 fully saturated rings. The Morgan fingerprint density at radius 2 is 0.935 bits per heavy atom. The van der Waals surface area contributed by atoms with E-state index in [0.29, 0.717) is 0 Å². The highest BCUT2D eigenvalue weighted by Gasteiger charge is 2.20. The van der Waals surface area contributed by atoms with Gasteiger partial charge in [-0.05, 0) is 74.0 Å². The van der Waals surface area contributed by atoms with Crippen LogP contribution >= 0.6 is 22.7 Å². The fraction of sp³-hybridized carbons (Fsp3) is 0.182. The molecule has 0 N–H and O–H groups in total. The van der Waals surface area contributed by atoms with Gasteiger partial charge in [0.15, 0.2) is 0 Å². The minimum atomic E-state index is 0.125. The molecule has 8 aromatic rings. The predicted molar refractivity (Wildman–Crippen MR) is 206 cm³/mol. The molecule has 2 heteroatoms. The van der Waals surface area contributed by atoms with E-state index in [0.717, 1.165) is 0 Å². The zero-order chi connectivity index (χ0) is 31.8. The van der Waals surface area contributed by atoms with Crippen LogP contribution in [0.1, 0.15) is 52.7 Å². The van der Waals surface area contributed by atoms with E-state index >= 15 is 0 Å². The Kier molecular flexibility index (Phi) is 6.76. The van der Waals surface area contributed by atoms with Crippen molar-refractivity contribution in [1.29, 1.82) is 0 Å². The van der Waals surface area contributed by atoms with Crippen LogP contribution in [-0.4, -0.2) is 0 Å². The lowest BCUT2D eigenvalue weighted by Crippen LogP contribution is -2.10. The lowest BCUT2D eigenvalue weighted by molar-refractivity contribution is 0.590. The van der Waals surface area contributed by atoms with Gasteiger partial charge in [-0.3, -0.25) is 0 Å². The second-order valence-corrected chi connectivity index (χ2v) is 16.7. The normalized spacial score (nSPS) is 12.6. The summed E-state index contributed by atoms with van der Waals surface area (Å²) < 4.78 is 5.38. The van der Waals surface area contributed by atoms with Gasteiger partial charge in [-0.1, -0.05) is 139 Å². The number of hydrogen-bond donors (Lipinski definition) is 0. The number of rotatable bonds is 3. The molecule has 0 unspecified atom stereocenters. The van der Waals surface area contributed by atoms with E-state index in [2.05, 4.69) is 163 Å². The Labute approximate surface area is 280 Å². The number of hydrogen-bond acceptors (Lipinski definition) is 2. The van der Waals surface area contributed by atoms with Crippen molar-refractivity contribution in [3.63, 3.8) is 0 Å². The number of fused-ring (bicyclic) bond motifs is 6. The molecule has 0 nitrogen and oxygen atoms in total. The molecule has 0 saturated heterocycles. The molecule has 2 aromatic heterocycles. The van der Waals surface area contributed by atoms with E-state index in [1.165, 1.54) is 84.9 Å². The molecule has 8 rings (SSSR count). The summed E-state index contributed by atoms with van der Waals surface area (Å²) in [6, 6.07) is 45.9. The third-order valence-electron chi connectivity index (χ3n) is 9.44. The molecular weight excluding hydrogens is 593 g/mol. The van der Waals surface area contributed by atoms with E-state index in [-0.39, 0.29) is 10.8 Å². The first-order valence-corrected chi connectivity index (χ1v) is 17.8. The SMILES string of the molecule is CC(C)(C)c1ccc(-c2cc(-c3cccc4sc5c(-c6ccc(C(C)(C)C)cc6)cccc5c34)c3sc4ccccc4c3c2)cc1. The number of thiophene rings is 2. The maximum atomic E-state index is 2.44. The highest BCUT2D eigenvalue weighted by molar-refractivity contribution is 7.27. The van der Waals surface area contributed by atoms with Gasteiger partial charge >= 0.3 is 0 Å². The van der Waals surface area contributed by atoms with Crippen LogP contribution in [-0.2, 0) is 10.8 Å². The third-order valence-corrected chi connectivity index (χ3v) is 11.9. The molecule has 0 saturated carbocycles. The molecular formula is C44H38S2. The lowest BCUT2D eigenvalue weighted by atomic mass is 9.86. The van der Waals surface area contributed by atoms with Crippen LogP contribution < -0.4 is 0 Å². The van der Waals surface area contributed by atoms with Crippen molar-refractivity contribution in [1.82, 2.24) is 0 Å². The van der Waals surface area contributed by atoms with Gasteiger partial charge in [0.2, 0.25) is 0 Å². The van der Waals surface area contributed by atoms with E-state index in [1.54, 1.807) is 0 Å². The Hall–Kier alpha value is -4.24. The van der Waals surface area contributed by atoms with Gasteiger partial charge in [0.05, 0.1) is 0 Å². The van der Waals surface area contributed by atoms with Crippen LogP contribution in [0.5, 0.6) is 0 Å². The summed E-state index contributed by atoms with van der Waals surface area (Å²) >= 11 is 3.84. The van der Waals surface area contributed by atoms with E-state index in [1.807, 2.05) is 22.7 Å². The maximum absolute atomic E-state index is 2.44. The van der Waals surface area contributed by atoms with Gasteiger partial charge in [-0.2, -0.15) is 0 Å². The zero-order valence-corrected chi connectivity index (χ0v) is 29.0. The molecule has 0 radical (unpaired) electrons. The predicted octanol–water partition coefficient (Wildman–Crippen LogP) is 14.0. The largest absolute Gasteiger partial charge is 0.135 e. The molecule has 2 heterocycles. The second-order valence-electron chi connectivity index (χ2n) is 14.6. The molecule has 46 heavy (non-hydrogen) atoms. The Morgan fingerprint density at radius 3 is 1.63 bits per heavy atom. The summed E-state index contributed by atoms with van der Waals surface area (Å²) in [5.41, 5.74) is 10.7. The fourth-order valence-electron chi connectivity index (χ4n) is 6.81. The topological polar surface area (TPSA) is 0 Å². The van der Waals surface area contributed by atoms with Gasteiger partial charge in [-0.15, -0.1) is 22.7 Å². The van der Waals surface area contributed by atoms with Crippen molar-refractivity contribution in [2.24, 2.45) is 0 Å². The first-order chi connectivity index (χ1) is 22.1.